The zero-order valence-electron chi connectivity index (χ0n) is 14.9. The van der Waals surface area contributed by atoms with Gasteiger partial charge in [-0.2, -0.15) is 0 Å². The Hall–Kier alpha value is -2.05. The van der Waals surface area contributed by atoms with Crippen LogP contribution in [0.15, 0.2) is 48.5 Å². The lowest BCUT2D eigenvalue weighted by atomic mass is 10.1. The second-order valence-corrected chi connectivity index (χ2v) is 8.90. The molecule has 1 heterocycles. The summed E-state index contributed by atoms with van der Waals surface area (Å²) in [5.74, 6) is -0.247. The molecule has 3 rings (SSSR count). The van der Waals surface area contributed by atoms with Gasteiger partial charge in [-0.15, -0.1) is 0 Å². The van der Waals surface area contributed by atoms with Crippen LogP contribution in [0, 0.1) is 0 Å². The first-order valence-corrected chi connectivity index (χ1v) is 10.6. The van der Waals surface area contributed by atoms with Gasteiger partial charge < -0.3 is 4.90 Å². The molecule has 1 amide bonds. The SMILES string of the molecule is C[C@@H]1Cc2ccccc2N1C(=O)[C@@H](C)N(c1ccc(Cl)cc1)S(C)(=O)=O. The topological polar surface area (TPSA) is 57.7 Å². The number of fused-ring (bicyclic) bond motifs is 1. The van der Waals surface area contributed by atoms with Crippen molar-refractivity contribution in [3.05, 3.63) is 59.1 Å². The fourth-order valence-electron chi connectivity index (χ4n) is 3.49. The molecule has 0 fully saturated rings. The molecule has 5 nitrogen and oxygen atoms in total. The van der Waals surface area contributed by atoms with E-state index < -0.39 is 16.1 Å². The van der Waals surface area contributed by atoms with Crippen LogP contribution in [-0.2, 0) is 21.2 Å². The highest BCUT2D eigenvalue weighted by Gasteiger charge is 2.37. The van der Waals surface area contributed by atoms with Crippen LogP contribution in [0.4, 0.5) is 11.4 Å². The summed E-state index contributed by atoms with van der Waals surface area (Å²) in [6.07, 6.45) is 1.86. The minimum atomic E-state index is -3.66. The number of halogens is 1. The van der Waals surface area contributed by atoms with Gasteiger partial charge in [-0.3, -0.25) is 9.10 Å². The van der Waals surface area contributed by atoms with Crippen molar-refractivity contribution in [2.75, 3.05) is 15.5 Å². The molecule has 2 aromatic rings. The molecule has 0 spiro atoms. The minimum absolute atomic E-state index is 0.0195. The largest absolute Gasteiger partial charge is 0.307 e. The number of hydrogen-bond donors (Lipinski definition) is 0. The summed E-state index contributed by atoms with van der Waals surface area (Å²) in [5, 5.41) is 0.503. The van der Waals surface area contributed by atoms with Crippen molar-refractivity contribution >= 4 is 38.9 Å². The summed E-state index contributed by atoms with van der Waals surface area (Å²) in [6.45, 7) is 3.59. The summed E-state index contributed by atoms with van der Waals surface area (Å²) < 4.78 is 26.0. The lowest BCUT2D eigenvalue weighted by molar-refractivity contribution is -0.119. The van der Waals surface area contributed by atoms with Gasteiger partial charge in [0, 0.05) is 16.8 Å². The Morgan fingerprint density at radius 2 is 1.81 bits per heavy atom. The van der Waals surface area contributed by atoms with Gasteiger partial charge in [-0.25, -0.2) is 8.42 Å². The lowest BCUT2D eigenvalue weighted by Gasteiger charge is -2.33. The first kappa shape index (κ1) is 18.7. The summed E-state index contributed by atoms with van der Waals surface area (Å²) in [7, 11) is -3.66. The Bertz CT molecular complexity index is 928. The van der Waals surface area contributed by atoms with Crippen molar-refractivity contribution in [3.63, 3.8) is 0 Å². The number of carbonyl (C=O) groups is 1. The van der Waals surface area contributed by atoms with Gasteiger partial charge in [0.2, 0.25) is 10.0 Å². The average molecular weight is 393 g/mol. The fourth-order valence-corrected chi connectivity index (χ4v) is 4.79. The molecular formula is C19H21ClN2O3S. The Labute approximate surface area is 159 Å². The maximum absolute atomic E-state index is 13.2. The van der Waals surface area contributed by atoms with Crippen molar-refractivity contribution in [1.82, 2.24) is 0 Å². The van der Waals surface area contributed by atoms with E-state index in [4.69, 9.17) is 11.6 Å². The fraction of sp³-hybridized carbons (Fsp3) is 0.316. The van der Waals surface area contributed by atoms with E-state index in [9.17, 15) is 13.2 Å². The summed E-state index contributed by atoms with van der Waals surface area (Å²) in [5.41, 5.74) is 2.36. The zero-order chi connectivity index (χ0) is 19.1. The Balaban J connectivity index is 1.98. The van der Waals surface area contributed by atoms with Gasteiger partial charge in [0.1, 0.15) is 6.04 Å². The van der Waals surface area contributed by atoms with Crippen molar-refractivity contribution in [3.8, 4) is 0 Å². The smallest absolute Gasteiger partial charge is 0.250 e. The van der Waals surface area contributed by atoms with Gasteiger partial charge in [0.05, 0.1) is 11.9 Å². The monoisotopic (exact) mass is 392 g/mol. The molecule has 0 unspecified atom stereocenters. The number of hydrogen-bond acceptors (Lipinski definition) is 3. The minimum Gasteiger partial charge on any atom is -0.307 e. The van der Waals surface area contributed by atoms with E-state index in [-0.39, 0.29) is 11.9 Å². The Morgan fingerprint density at radius 1 is 1.19 bits per heavy atom. The average Bonchev–Trinajstić information content (AvgIpc) is 2.90. The predicted molar refractivity (Wildman–Crippen MR) is 105 cm³/mol. The normalized spacial score (nSPS) is 17.7. The summed E-state index contributed by atoms with van der Waals surface area (Å²) in [6, 6.07) is 13.3. The molecule has 138 valence electrons. The first-order valence-electron chi connectivity index (χ1n) is 8.36. The molecule has 0 saturated carbocycles. The van der Waals surface area contributed by atoms with E-state index in [1.54, 1.807) is 36.1 Å². The van der Waals surface area contributed by atoms with Crippen LogP contribution in [0.2, 0.25) is 5.02 Å². The maximum atomic E-state index is 13.2. The zero-order valence-corrected chi connectivity index (χ0v) is 16.5. The van der Waals surface area contributed by atoms with E-state index in [2.05, 4.69) is 0 Å². The number of anilines is 2. The van der Waals surface area contributed by atoms with Gasteiger partial charge in [-0.1, -0.05) is 29.8 Å². The highest BCUT2D eigenvalue weighted by Crippen LogP contribution is 2.33. The number of sulfonamides is 1. The molecule has 0 saturated heterocycles. The third-order valence-electron chi connectivity index (χ3n) is 4.59. The van der Waals surface area contributed by atoms with Crippen LogP contribution in [-0.4, -0.2) is 32.7 Å². The van der Waals surface area contributed by atoms with Gasteiger partial charge in [0.15, 0.2) is 0 Å². The van der Waals surface area contributed by atoms with Gasteiger partial charge in [-0.05, 0) is 56.2 Å². The first-order chi connectivity index (χ1) is 12.2. The quantitative estimate of drug-likeness (QED) is 0.800. The Kier molecular flexibility index (Phi) is 4.99. The van der Waals surface area contributed by atoms with Crippen molar-refractivity contribution in [2.24, 2.45) is 0 Å². The third kappa shape index (κ3) is 3.44. The molecule has 2 atom stereocenters. The highest BCUT2D eigenvalue weighted by molar-refractivity contribution is 7.92. The number of carbonyl (C=O) groups excluding carboxylic acids is 1. The number of para-hydroxylation sites is 1. The molecule has 0 bridgehead atoms. The molecule has 0 aromatic heterocycles. The molecule has 26 heavy (non-hydrogen) atoms. The van der Waals surface area contributed by atoms with Crippen LogP contribution < -0.4 is 9.21 Å². The summed E-state index contributed by atoms with van der Waals surface area (Å²) in [4.78, 5) is 14.9. The maximum Gasteiger partial charge on any atom is 0.250 e. The number of amides is 1. The van der Waals surface area contributed by atoms with E-state index in [0.29, 0.717) is 10.7 Å². The number of rotatable bonds is 4. The number of benzene rings is 2. The molecule has 7 heteroatoms. The van der Waals surface area contributed by atoms with Crippen LogP contribution in [0.25, 0.3) is 0 Å². The van der Waals surface area contributed by atoms with Crippen molar-refractivity contribution in [2.45, 2.75) is 32.4 Å². The molecule has 2 aromatic carbocycles. The molecule has 0 aliphatic carbocycles. The predicted octanol–water partition coefficient (Wildman–Crippen LogP) is 3.47. The van der Waals surface area contributed by atoms with E-state index in [0.717, 1.165) is 28.2 Å². The van der Waals surface area contributed by atoms with E-state index in [1.807, 2.05) is 31.2 Å². The lowest BCUT2D eigenvalue weighted by Crippen LogP contribution is -2.51. The second-order valence-electron chi connectivity index (χ2n) is 6.60. The highest BCUT2D eigenvalue weighted by atomic mass is 35.5. The van der Waals surface area contributed by atoms with Crippen molar-refractivity contribution < 1.29 is 13.2 Å². The van der Waals surface area contributed by atoms with Crippen LogP contribution >= 0.6 is 11.6 Å². The molecule has 1 aliphatic rings. The van der Waals surface area contributed by atoms with Gasteiger partial charge >= 0.3 is 0 Å². The van der Waals surface area contributed by atoms with Gasteiger partial charge in [0.25, 0.3) is 5.91 Å². The van der Waals surface area contributed by atoms with E-state index >= 15 is 0 Å². The van der Waals surface area contributed by atoms with Crippen LogP contribution in [0.3, 0.4) is 0 Å². The molecule has 0 N–H and O–H groups in total. The van der Waals surface area contributed by atoms with E-state index in [1.165, 1.54) is 0 Å². The third-order valence-corrected chi connectivity index (χ3v) is 6.09. The number of nitrogens with zero attached hydrogens (tertiary/aromatic N) is 2. The second kappa shape index (κ2) is 6.93. The Morgan fingerprint density at radius 3 is 2.42 bits per heavy atom. The molecule has 1 aliphatic heterocycles. The standard InChI is InChI=1S/C19H21ClN2O3S/c1-13-12-15-6-4-5-7-18(15)21(13)19(23)14(2)22(26(3,24)25)17-10-8-16(20)9-11-17/h4-11,13-14H,12H2,1-3H3/t13-,14-/m1/s1. The van der Waals surface area contributed by atoms with Crippen LogP contribution in [0.5, 0.6) is 0 Å². The van der Waals surface area contributed by atoms with Crippen molar-refractivity contribution in [1.29, 1.82) is 0 Å². The molecule has 0 radical (unpaired) electrons. The summed E-state index contributed by atoms with van der Waals surface area (Å²) >= 11 is 5.91. The molecular weight excluding hydrogens is 372 g/mol. The van der Waals surface area contributed by atoms with Crippen LogP contribution in [0.1, 0.15) is 19.4 Å².